The van der Waals surface area contributed by atoms with E-state index in [1.54, 1.807) is 18.5 Å². The number of aliphatic hydroxyl groups is 1. The molecular weight excluding hydrogens is 464 g/mol. The monoisotopic (exact) mass is 494 g/mol. The van der Waals surface area contributed by atoms with Gasteiger partial charge in [0.15, 0.2) is 0 Å². The third-order valence-corrected chi connectivity index (χ3v) is 6.68. The molecule has 4 heterocycles. The number of nitrogens with zero attached hydrogens (tertiary/aromatic N) is 8. The molecule has 0 radical (unpaired) electrons. The van der Waals surface area contributed by atoms with Gasteiger partial charge in [-0.25, -0.2) is 9.97 Å². The molecule has 0 bridgehead atoms. The lowest BCUT2D eigenvalue weighted by atomic mass is 9.91. The zero-order valence-electron chi connectivity index (χ0n) is 21.5. The number of aryl methyl sites for hydroxylation is 4. The van der Waals surface area contributed by atoms with E-state index in [0.717, 1.165) is 69.3 Å². The van der Waals surface area contributed by atoms with Crippen molar-refractivity contribution >= 4 is 0 Å². The molecule has 0 saturated heterocycles. The molecule has 9 nitrogen and oxygen atoms in total. The van der Waals surface area contributed by atoms with Crippen molar-refractivity contribution in [1.29, 1.82) is 0 Å². The number of hydrogen-bond acceptors (Lipinski definition) is 6. The Morgan fingerprint density at radius 2 is 1.73 bits per heavy atom. The molecule has 1 N–H and O–H groups in total. The Labute approximate surface area is 215 Å². The summed E-state index contributed by atoms with van der Waals surface area (Å²) in [4.78, 5) is 9.68. The summed E-state index contributed by atoms with van der Waals surface area (Å²) < 4.78 is 5.55. The lowest BCUT2D eigenvalue weighted by Gasteiger charge is -2.17. The number of fused-ring (bicyclic) bond motifs is 3. The summed E-state index contributed by atoms with van der Waals surface area (Å²) >= 11 is 0. The van der Waals surface area contributed by atoms with Crippen LogP contribution in [0.5, 0.6) is 0 Å². The average molecular weight is 495 g/mol. The highest BCUT2D eigenvalue weighted by molar-refractivity contribution is 5.84. The van der Waals surface area contributed by atoms with Crippen molar-refractivity contribution in [2.75, 3.05) is 0 Å². The Bertz CT molecular complexity index is 1580. The van der Waals surface area contributed by atoms with Gasteiger partial charge in [0.1, 0.15) is 5.82 Å². The normalized spacial score (nSPS) is 13.0. The SMILES string of the molecule is Cn1cc(-c2ccc(-c3c4c(nn3C)CCc3cnc(Cc5ccn(CC(C)(C)O)n5)nc3-4)cc2)cn1. The highest BCUT2D eigenvalue weighted by atomic mass is 16.3. The van der Waals surface area contributed by atoms with Crippen molar-refractivity contribution in [1.82, 2.24) is 39.3 Å². The van der Waals surface area contributed by atoms with E-state index in [2.05, 4.69) is 39.4 Å². The van der Waals surface area contributed by atoms with Crippen LogP contribution in [0.1, 0.15) is 36.6 Å². The molecule has 0 amide bonds. The van der Waals surface area contributed by atoms with Crippen LogP contribution in [0, 0.1) is 0 Å². The van der Waals surface area contributed by atoms with E-state index in [-0.39, 0.29) is 0 Å². The number of aromatic nitrogens is 8. The van der Waals surface area contributed by atoms with Crippen molar-refractivity contribution < 1.29 is 5.11 Å². The van der Waals surface area contributed by atoms with Crippen molar-refractivity contribution in [3.05, 3.63) is 77.9 Å². The summed E-state index contributed by atoms with van der Waals surface area (Å²) in [5.41, 5.74) is 8.69. The van der Waals surface area contributed by atoms with Crippen molar-refractivity contribution in [3.8, 4) is 33.6 Å². The van der Waals surface area contributed by atoms with Gasteiger partial charge in [-0.15, -0.1) is 0 Å². The van der Waals surface area contributed by atoms with Crippen LogP contribution in [0.2, 0.25) is 0 Å². The number of hydrogen-bond donors (Lipinski definition) is 1. The summed E-state index contributed by atoms with van der Waals surface area (Å²) in [6.07, 6.45) is 10.0. The Balaban J connectivity index is 1.34. The molecule has 0 aliphatic heterocycles. The van der Waals surface area contributed by atoms with Gasteiger partial charge in [-0.05, 0) is 43.9 Å². The topological polar surface area (TPSA) is 99.5 Å². The number of benzene rings is 1. The second-order valence-electron chi connectivity index (χ2n) is 10.4. The molecule has 0 fully saturated rings. The maximum absolute atomic E-state index is 10.1. The van der Waals surface area contributed by atoms with Crippen molar-refractivity contribution in [2.24, 2.45) is 14.1 Å². The molecule has 4 aromatic heterocycles. The van der Waals surface area contributed by atoms with Gasteiger partial charge >= 0.3 is 0 Å². The molecule has 0 saturated carbocycles. The number of rotatable bonds is 6. The van der Waals surface area contributed by atoms with Gasteiger partial charge in [0.25, 0.3) is 0 Å². The first kappa shape index (κ1) is 23.3. The van der Waals surface area contributed by atoms with E-state index in [9.17, 15) is 5.11 Å². The van der Waals surface area contributed by atoms with Gasteiger partial charge in [-0.1, -0.05) is 24.3 Å². The van der Waals surface area contributed by atoms with Gasteiger partial charge in [-0.2, -0.15) is 15.3 Å². The van der Waals surface area contributed by atoms with E-state index >= 15 is 0 Å². The van der Waals surface area contributed by atoms with Gasteiger partial charge in [0.05, 0.1) is 47.5 Å². The molecule has 5 aromatic rings. The van der Waals surface area contributed by atoms with E-state index in [1.807, 2.05) is 54.3 Å². The summed E-state index contributed by atoms with van der Waals surface area (Å²) in [5, 5.41) is 23.9. The Hall–Kier alpha value is -4.11. The summed E-state index contributed by atoms with van der Waals surface area (Å²) in [6.45, 7) is 3.98. The van der Waals surface area contributed by atoms with Crippen molar-refractivity contribution in [3.63, 3.8) is 0 Å². The molecule has 6 rings (SSSR count). The first-order chi connectivity index (χ1) is 17.7. The fraction of sp³-hybridized carbons (Fsp3) is 0.321. The third kappa shape index (κ3) is 4.58. The molecule has 188 valence electrons. The Morgan fingerprint density at radius 3 is 2.46 bits per heavy atom. The fourth-order valence-corrected chi connectivity index (χ4v) is 5.05. The van der Waals surface area contributed by atoms with Gasteiger partial charge in [-0.3, -0.25) is 14.0 Å². The van der Waals surface area contributed by atoms with E-state index in [4.69, 9.17) is 10.1 Å². The molecule has 37 heavy (non-hydrogen) atoms. The summed E-state index contributed by atoms with van der Waals surface area (Å²) in [6, 6.07) is 10.5. The smallest absolute Gasteiger partial charge is 0.134 e. The lowest BCUT2D eigenvalue weighted by molar-refractivity contribution is 0.0576. The quantitative estimate of drug-likeness (QED) is 0.387. The van der Waals surface area contributed by atoms with Crippen LogP contribution < -0.4 is 0 Å². The van der Waals surface area contributed by atoms with Gasteiger partial charge in [0, 0.05) is 49.4 Å². The summed E-state index contributed by atoms with van der Waals surface area (Å²) in [5.74, 6) is 0.724. The molecule has 1 aromatic carbocycles. The molecule has 1 aliphatic rings. The van der Waals surface area contributed by atoms with Crippen LogP contribution in [0.15, 0.2) is 55.1 Å². The fourth-order valence-electron chi connectivity index (χ4n) is 5.05. The predicted molar refractivity (Wildman–Crippen MR) is 141 cm³/mol. The van der Waals surface area contributed by atoms with Crippen molar-refractivity contribution in [2.45, 2.75) is 45.3 Å². The minimum Gasteiger partial charge on any atom is -0.389 e. The van der Waals surface area contributed by atoms with Crippen LogP contribution in [-0.2, 0) is 39.9 Å². The van der Waals surface area contributed by atoms with Crippen LogP contribution in [0.25, 0.3) is 33.6 Å². The minimum atomic E-state index is -0.824. The van der Waals surface area contributed by atoms with Crippen LogP contribution >= 0.6 is 0 Å². The first-order valence-corrected chi connectivity index (χ1v) is 12.5. The zero-order chi connectivity index (χ0) is 25.7. The molecular formula is C28H30N8O. The predicted octanol–water partition coefficient (Wildman–Crippen LogP) is 3.60. The Kier molecular flexibility index (Phi) is 5.52. The summed E-state index contributed by atoms with van der Waals surface area (Å²) in [7, 11) is 3.93. The highest BCUT2D eigenvalue weighted by Gasteiger charge is 2.27. The second kappa shape index (κ2) is 8.77. The second-order valence-corrected chi connectivity index (χ2v) is 10.4. The van der Waals surface area contributed by atoms with Crippen LogP contribution in [0.3, 0.4) is 0 Å². The van der Waals surface area contributed by atoms with E-state index in [0.29, 0.717) is 13.0 Å². The Morgan fingerprint density at radius 1 is 0.946 bits per heavy atom. The average Bonchev–Trinajstić information content (AvgIpc) is 3.56. The maximum Gasteiger partial charge on any atom is 0.134 e. The van der Waals surface area contributed by atoms with E-state index < -0.39 is 5.60 Å². The van der Waals surface area contributed by atoms with Crippen LogP contribution in [-0.4, -0.2) is 50.0 Å². The molecule has 0 spiro atoms. The largest absolute Gasteiger partial charge is 0.389 e. The molecule has 0 unspecified atom stereocenters. The standard InChI is InChI=1S/C28H30N8O/c1-28(2,37)17-36-12-11-22(32-36)13-24-29-14-20-9-10-23-25(26(20)31-24)27(35(4)33-23)19-7-5-18(6-8-19)21-15-30-34(3)16-21/h5-8,11-12,14-16,37H,9-10,13,17H2,1-4H3. The van der Waals surface area contributed by atoms with Gasteiger partial charge in [0.2, 0.25) is 0 Å². The molecule has 0 atom stereocenters. The zero-order valence-corrected chi connectivity index (χ0v) is 21.5. The molecule has 1 aliphatic carbocycles. The first-order valence-electron chi connectivity index (χ1n) is 12.5. The van der Waals surface area contributed by atoms with Crippen LogP contribution in [0.4, 0.5) is 0 Å². The highest BCUT2D eigenvalue weighted by Crippen LogP contribution is 2.39. The maximum atomic E-state index is 10.1. The van der Waals surface area contributed by atoms with Gasteiger partial charge < -0.3 is 5.11 Å². The minimum absolute atomic E-state index is 0.431. The van der Waals surface area contributed by atoms with E-state index in [1.165, 1.54) is 0 Å². The molecule has 9 heteroatoms. The third-order valence-electron chi connectivity index (χ3n) is 6.68. The lowest BCUT2D eigenvalue weighted by Crippen LogP contribution is -2.26.